The number of carbonyl (C=O) groups is 3. The van der Waals surface area contributed by atoms with Crippen LogP contribution in [-0.2, 0) is 4.79 Å². The highest BCUT2D eigenvalue weighted by Crippen LogP contribution is 2.09. The Bertz CT molecular complexity index is 568. The van der Waals surface area contributed by atoms with E-state index < -0.39 is 0 Å². The van der Waals surface area contributed by atoms with Crippen LogP contribution in [0.2, 0.25) is 0 Å². The van der Waals surface area contributed by atoms with Crippen LogP contribution in [0.1, 0.15) is 40.6 Å². The largest absolute Gasteiger partial charge is 0.351 e. The molecular weight excluding hydrogens is 296 g/mol. The Kier molecular flexibility index (Phi) is 6.08. The Labute approximate surface area is 135 Å². The van der Waals surface area contributed by atoms with Crippen LogP contribution in [-0.4, -0.2) is 65.7 Å². The summed E-state index contributed by atoms with van der Waals surface area (Å²) in [5.41, 5.74) is 0.693. The Morgan fingerprint density at radius 1 is 1.30 bits per heavy atom. The molecule has 1 aliphatic rings. The molecule has 1 aromatic rings. The molecule has 1 N–H and O–H groups in total. The van der Waals surface area contributed by atoms with Crippen molar-refractivity contribution in [3.05, 3.63) is 29.6 Å². The number of rotatable bonds is 6. The van der Waals surface area contributed by atoms with Gasteiger partial charge in [0, 0.05) is 44.5 Å². The summed E-state index contributed by atoms with van der Waals surface area (Å²) in [5.74, 6) is -0.403. The number of amides is 3. The molecule has 2 rings (SSSR count). The highest BCUT2D eigenvalue weighted by molar-refractivity contribution is 5.98. The van der Waals surface area contributed by atoms with Crippen molar-refractivity contribution in [2.24, 2.45) is 0 Å². The average molecular weight is 318 g/mol. The smallest absolute Gasteiger partial charge is 0.269 e. The van der Waals surface area contributed by atoms with Crippen molar-refractivity contribution in [3.63, 3.8) is 0 Å². The molecule has 0 bridgehead atoms. The molecule has 1 fully saturated rings. The first-order valence-corrected chi connectivity index (χ1v) is 7.88. The summed E-state index contributed by atoms with van der Waals surface area (Å²) in [5, 5.41) is 2.79. The third-order valence-electron chi connectivity index (χ3n) is 3.81. The van der Waals surface area contributed by atoms with E-state index in [1.807, 2.05) is 6.92 Å². The fourth-order valence-electron chi connectivity index (χ4n) is 2.37. The second-order valence-electron chi connectivity index (χ2n) is 5.47. The monoisotopic (exact) mass is 318 g/mol. The summed E-state index contributed by atoms with van der Waals surface area (Å²) in [6, 6.07) is 3.13. The summed E-state index contributed by atoms with van der Waals surface area (Å²) < 4.78 is 0. The number of aromatic nitrogens is 1. The Morgan fingerprint density at radius 3 is 2.70 bits per heavy atom. The van der Waals surface area contributed by atoms with E-state index in [0.717, 1.165) is 19.3 Å². The van der Waals surface area contributed by atoms with Gasteiger partial charge in [0.05, 0.1) is 0 Å². The molecule has 7 nitrogen and oxygen atoms in total. The first-order chi connectivity index (χ1) is 11.2. The lowest BCUT2D eigenvalue weighted by atomic mass is 10.1. The van der Waals surface area contributed by atoms with E-state index in [4.69, 9.17) is 0 Å². The van der Waals surface area contributed by atoms with Crippen LogP contribution in [0.4, 0.5) is 0 Å². The molecular formula is C16H22N4O3. The first-order valence-electron chi connectivity index (χ1n) is 7.88. The lowest BCUT2D eigenvalue weighted by Gasteiger charge is -2.32. The van der Waals surface area contributed by atoms with Crippen LogP contribution in [0.15, 0.2) is 18.3 Å². The van der Waals surface area contributed by atoms with E-state index >= 15 is 0 Å². The zero-order chi connectivity index (χ0) is 16.7. The van der Waals surface area contributed by atoms with Gasteiger partial charge >= 0.3 is 0 Å². The number of hydrogen-bond donors (Lipinski definition) is 1. The van der Waals surface area contributed by atoms with Gasteiger partial charge in [-0.15, -0.1) is 0 Å². The van der Waals surface area contributed by atoms with Gasteiger partial charge in [-0.25, -0.2) is 0 Å². The number of hydrogen-bond acceptors (Lipinski definition) is 4. The van der Waals surface area contributed by atoms with Crippen LogP contribution in [0, 0.1) is 0 Å². The zero-order valence-corrected chi connectivity index (χ0v) is 13.3. The molecule has 0 unspecified atom stereocenters. The highest BCUT2D eigenvalue weighted by Gasteiger charge is 2.22. The molecule has 0 radical (unpaired) electrons. The number of pyridine rings is 1. The van der Waals surface area contributed by atoms with E-state index in [1.165, 1.54) is 12.3 Å². The van der Waals surface area contributed by atoms with Crippen molar-refractivity contribution in [2.75, 3.05) is 32.7 Å². The summed E-state index contributed by atoms with van der Waals surface area (Å²) in [4.78, 5) is 42.6. The van der Waals surface area contributed by atoms with Gasteiger partial charge in [0.2, 0.25) is 6.41 Å². The molecule has 3 amide bonds. The third kappa shape index (κ3) is 4.51. The van der Waals surface area contributed by atoms with Crippen molar-refractivity contribution >= 4 is 18.2 Å². The van der Waals surface area contributed by atoms with Gasteiger partial charge < -0.3 is 15.1 Å². The number of piperazine rings is 1. The van der Waals surface area contributed by atoms with Gasteiger partial charge in [0.1, 0.15) is 5.69 Å². The van der Waals surface area contributed by atoms with Crippen LogP contribution in [0.25, 0.3) is 0 Å². The van der Waals surface area contributed by atoms with Crippen LogP contribution >= 0.6 is 0 Å². The molecule has 0 atom stereocenters. The van der Waals surface area contributed by atoms with Gasteiger partial charge in [-0.1, -0.05) is 13.3 Å². The molecule has 0 aliphatic carbocycles. The Hall–Kier alpha value is -2.44. The predicted molar refractivity (Wildman–Crippen MR) is 85.0 cm³/mol. The predicted octanol–water partition coefficient (Wildman–Crippen LogP) is 0.526. The normalized spacial score (nSPS) is 14.5. The van der Waals surface area contributed by atoms with Crippen molar-refractivity contribution in [2.45, 2.75) is 19.8 Å². The third-order valence-corrected chi connectivity index (χ3v) is 3.81. The Morgan fingerprint density at radius 2 is 2.04 bits per heavy atom. The number of carbonyl (C=O) groups excluding carboxylic acids is 3. The Balaban J connectivity index is 2.00. The fraction of sp³-hybridized carbons (Fsp3) is 0.500. The van der Waals surface area contributed by atoms with E-state index in [2.05, 4.69) is 10.3 Å². The van der Waals surface area contributed by atoms with Crippen molar-refractivity contribution in [1.82, 2.24) is 20.1 Å². The average Bonchev–Trinajstić information content (AvgIpc) is 2.61. The second kappa shape index (κ2) is 8.26. The van der Waals surface area contributed by atoms with Crippen molar-refractivity contribution in [3.8, 4) is 0 Å². The number of nitrogens with one attached hydrogen (secondary N) is 1. The van der Waals surface area contributed by atoms with Crippen LogP contribution < -0.4 is 5.32 Å². The maximum Gasteiger partial charge on any atom is 0.269 e. The molecule has 1 aromatic heterocycles. The first kappa shape index (κ1) is 16.9. The van der Waals surface area contributed by atoms with Gasteiger partial charge in [0.25, 0.3) is 11.8 Å². The van der Waals surface area contributed by atoms with Crippen molar-refractivity contribution in [1.29, 1.82) is 0 Å². The molecule has 2 heterocycles. The molecule has 23 heavy (non-hydrogen) atoms. The van der Waals surface area contributed by atoms with Gasteiger partial charge in [-0.3, -0.25) is 19.4 Å². The highest BCUT2D eigenvalue weighted by atomic mass is 16.2. The maximum atomic E-state index is 12.5. The van der Waals surface area contributed by atoms with Crippen LogP contribution in [0.3, 0.4) is 0 Å². The maximum absolute atomic E-state index is 12.5. The minimum atomic E-state index is -0.265. The van der Waals surface area contributed by atoms with E-state index in [9.17, 15) is 14.4 Å². The summed E-state index contributed by atoms with van der Waals surface area (Å²) >= 11 is 0. The van der Waals surface area contributed by atoms with Gasteiger partial charge in [-0.05, 0) is 18.6 Å². The minimum Gasteiger partial charge on any atom is -0.351 e. The van der Waals surface area contributed by atoms with E-state index in [-0.39, 0.29) is 17.5 Å². The number of unbranched alkanes of at least 4 members (excludes halogenated alkanes) is 1. The lowest BCUT2D eigenvalue weighted by Crippen LogP contribution is -2.48. The topological polar surface area (TPSA) is 82.6 Å². The summed E-state index contributed by atoms with van der Waals surface area (Å²) in [6.45, 7) is 4.71. The molecule has 0 spiro atoms. The molecule has 7 heteroatoms. The van der Waals surface area contributed by atoms with Gasteiger partial charge in [-0.2, -0.15) is 0 Å². The van der Waals surface area contributed by atoms with Crippen LogP contribution in [0.5, 0.6) is 0 Å². The van der Waals surface area contributed by atoms with E-state index in [1.54, 1.807) is 15.9 Å². The fourth-order valence-corrected chi connectivity index (χ4v) is 2.37. The molecule has 1 saturated heterocycles. The standard InChI is InChI=1S/C16H22N4O3/c1-2-3-5-18-15(22)14-11-13(4-6-17-14)16(23)20-9-7-19(12-21)8-10-20/h4,6,11-12H,2-3,5,7-10H2,1H3,(H,18,22). The quantitative estimate of drug-likeness (QED) is 0.612. The molecule has 0 saturated carbocycles. The molecule has 1 aliphatic heterocycles. The second-order valence-corrected chi connectivity index (χ2v) is 5.47. The summed E-state index contributed by atoms with van der Waals surface area (Å²) in [7, 11) is 0. The molecule has 0 aromatic carbocycles. The van der Waals surface area contributed by atoms with Crippen molar-refractivity contribution < 1.29 is 14.4 Å². The SMILES string of the molecule is CCCCNC(=O)c1cc(C(=O)N2CCN(C=O)CC2)ccn1. The van der Waals surface area contributed by atoms with E-state index in [0.29, 0.717) is 38.3 Å². The number of nitrogens with zero attached hydrogens (tertiary/aromatic N) is 3. The molecule has 124 valence electrons. The zero-order valence-electron chi connectivity index (χ0n) is 13.3. The van der Waals surface area contributed by atoms with Gasteiger partial charge in [0.15, 0.2) is 0 Å². The lowest BCUT2D eigenvalue weighted by molar-refractivity contribution is -0.119. The summed E-state index contributed by atoms with van der Waals surface area (Å²) in [6.07, 6.45) is 4.18. The minimum absolute atomic E-state index is 0.138.